The van der Waals surface area contributed by atoms with Gasteiger partial charge in [0.2, 0.25) is 0 Å². The summed E-state index contributed by atoms with van der Waals surface area (Å²) in [6.45, 7) is 4.17. The van der Waals surface area contributed by atoms with Crippen LogP contribution >= 0.6 is 27.5 Å². The average Bonchev–Trinajstić information content (AvgIpc) is 2.26. The van der Waals surface area contributed by atoms with E-state index in [0.29, 0.717) is 5.02 Å². The molecule has 0 aliphatic heterocycles. The Balaban J connectivity index is 2.44. The molecule has 0 saturated carbocycles. The van der Waals surface area contributed by atoms with Crippen LogP contribution in [-0.2, 0) is 0 Å². The molecule has 0 radical (unpaired) electrons. The summed E-state index contributed by atoms with van der Waals surface area (Å²) in [6, 6.07) is 8.23. The summed E-state index contributed by atoms with van der Waals surface area (Å²) in [5.74, 6) is 0.755. The van der Waals surface area contributed by atoms with Gasteiger partial charge >= 0.3 is 0 Å². The molecule has 2 aromatic rings. The number of rotatable bonds is 2. The second-order valence-corrected chi connectivity index (χ2v) is 5.69. The highest BCUT2D eigenvalue weighted by Crippen LogP contribution is 2.31. The minimum Gasteiger partial charge on any atom is -0.328 e. The molecule has 0 bridgehead atoms. The second-order valence-electron chi connectivity index (χ2n) is 4.36. The van der Waals surface area contributed by atoms with E-state index < -0.39 is 0 Å². The monoisotopic (exact) mass is 324 g/mol. The first-order chi connectivity index (χ1) is 8.47. The van der Waals surface area contributed by atoms with Gasteiger partial charge in [-0.05, 0) is 59.1 Å². The van der Waals surface area contributed by atoms with Gasteiger partial charge in [-0.1, -0.05) is 17.7 Å². The molecule has 0 atom stereocenters. The van der Waals surface area contributed by atoms with E-state index in [1.165, 1.54) is 11.1 Å². The standard InChI is InChI=1S/C14H14BrClN2/c1-9-4-10(2)6-12(5-9)18(3)14-13(16)7-11(15)8-17-14/h4-8H,1-3H3. The smallest absolute Gasteiger partial charge is 0.151 e. The third-order valence-corrected chi connectivity index (χ3v) is 3.41. The van der Waals surface area contributed by atoms with Crippen LogP contribution in [0.25, 0.3) is 0 Å². The SMILES string of the molecule is Cc1cc(C)cc(N(C)c2ncc(Br)cc2Cl)c1. The molecule has 0 N–H and O–H groups in total. The maximum atomic E-state index is 6.22. The van der Waals surface area contributed by atoms with Crippen LogP contribution in [0.2, 0.25) is 5.02 Å². The summed E-state index contributed by atoms with van der Waals surface area (Å²) in [4.78, 5) is 6.36. The van der Waals surface area contributed by atoms with E-state index >= 15 is 0 Å². The Kier molecular flexibility index (Phi) is 3.93. The Morgan fingerprint density at radius 2 is 1.72 bits per heavy atom. The molecule has 0 aliphatic rings. The van der Waals surface area contributed by atoms with Crippen LogP contribution in [0.15, 0.2) is 34.9 Å². The van der Waals surface area contributed by atoms with Crippen molar-refractivity contribution in [2.24, 2.45) is 0 Å². The number of aryl methyl sites for hydroxylation is 2. The molecule has 18 heavy (non-hydrogen) atoms. The van der Waals surface area contributed by atoms with Crippen LogP contribution < -0.4 is 4.90 Å². The number of benzene rings is 1. The van der Waals surface area contributed by atoms with Gasteiger partial charge < -0.3 is 4.90 Å². The molecule has 2 nitrogen and oxygen atoms in total. The molecule has 2 rings (SSSR count). The molecule has 0 saturated heterocycles. The van der Waals surface area contributed by atoms with Crippen LogP contribution in [0, 0.1) is 13.8 Å². The summed E-state index contributed by atoms with van der Waals surface area (Å²) in [7, 11) is 1.97. The van der Waals surface area contributed by atoms with Crippen LogP contribution in [-0.4, -0.2) is 12.0 Å². The highest BCUT2D eigenvalue weighted by Gasteiger charge is 2.10. The van der Waals surface area contributed by atoms with Gasteiger partial charge in [0, 0.05) is 23.4 Å². The van der Waals surface area contributed by atoms with Crippen molar-refractivity contribution in [1.29, 1.82) is 0 Å². The molecule has 0 spiro atoms. The molecule has 0 aliphatic carbocycles. The Morgan fingerprint density at radius 1 is 1.11 bits per heavy atom. The third-order valence-electron chi connectivity index (χ3n) is 2.70. The lowest BCUT2D eigenvalue weighted by Gasteiger charge is -2.20. The minimum absolute atomic E-state index is 0.631. The highest BCUT2D eigenvalue weighted by molar-refractivity contribution is 9.10. The minimum atomic E-state index is 0.631. The fourth-order valence-corrected chi connectivity index (χ4v) is 2.68. The lowest BCUT2D eigenvalue weighted by atomic mass is 10.1. The summed E-state index contributed by atoms with van der Waals surface area (Å²) < 4.78 is 0.880. The summed E-state index contributed by atoms with van der Waals surface area (Å²) in [6.07, 6.45) is 1.75. The molecular weight excluding hydrogens is 312 g/mol. The van der Waals surface area contributed by atoms with Crippen molar-refractivity contribution in [3.05, 3.63) is 51.1 Å². The van der Waals surface area contributed by atoms with Crippen LogP contribution in [0.3, 0.4) is 0 Å². The topological polar surface area (TPSA) is 16.1 Å². The van der Waals surface area contributed by atoms with E-state index in [-0.39, 0.29) is 0 Å². The van der Waals surface area contributed by atoms with Crippen molar-refractivity contribution in [3.63, 3.8) is 0 Å². The van der Waals surface area contributed by atoms with E-state index in [1.807, 2.05) is 18.0 Å². The Bertz CT molecular complexity index is 564. The maximum absolute atomic E-state index is 6.22. The first-order valence-corrected chi connectivity index (χ1v) is 6.77. The number of pyridine rings is 1. The Hall–Kier alpha value is -1.06. The molecule has 0 fully saturated rings. The molecule has 4 heteroatoms. The van der Waals surface area contributed by atoms with Gasteiger partial charge in [-0.2, -0.15) is 0 Å². The van der Waals surface area contributed by atoms with E-state index in [9.17, 15) is 0 Å². The van der Waals surface area contributed by atoms with Gasteiger partial charge in [-0.3, -0.25) is 0 Å². The van der Waals surface area contributed by atoms with Gasteiger partial charge in [-0.15, -0.1) is 0 Å². The largest absolute Gasteiger partial charge is 0.328 e. The van der Waals surface area contributed by atoms with Gasteiger partial charge in [0.1, 0.15) is 0 Å². The van der Waals surface area contributed by atoms with E-state index in [4.69, 9.17) is 11.6 Å². The summed E-state index contributed by atoms with van der Waals surface area (Å²) in [5.41, 5.74) is 3.54. The number of aromatic nitrogens is 1. The zero-order valence-corrected chi connectivity index (χ0v) is 12.9. The predicted octanol–water partition coefficient (Wildman–Crippen LogP) is 4.88. The van der Waals surface area contributed by atoms with Crippen molar-refractivity contribution in [2.75, 3.05) is 11.9 Å². The fraction of sp³-hybridized carbons (Fsp3) is 0.214. The van der Waals surface area contributed by atoms with Crippen molar-refractivity contribution in [1.82, 2.24) is 4.98 Å². The molecule has 1 aromatic carbocycles. The van der Waals surface area contributed by atoms with Crippen molar-refractivity contribution in [3.8, 4) is 0 Å². The van der Waals surface area contributed by atoms with Crippen molar-refractivity contribution < 1.29 is 0 Å². The second kappa shape index (κ2) is 5.29. The Labute approximate surface area is 121 Å². The van der Waals surface area contributed by atoms with Gasteiger partial charge in [0.15, 0.2) is 5.82 Å². The van der Waals surface area contributed by atoms with Crippen LogP contribution in [0.1, 0.15) is 11.1 Å². The van der Waals surface area contributed by atoms with Gasteiger partial charge in [-0.25, -0.2) is 4.98 Å². The average molecular weight is 326 g/mol. The number of hydrogen-bond acceptors (Lipinski definition) is 2. The van der Waals surface area contributed by atoms with Crippen molar-refractivity contribution in [2.45, 2.75) is 13.8 Å². The summed E-state index contributed by atoms with van der Waals surface area (Å²) in [5, 5.41) is 0.631. The zero-order chi connectivity index (χ0) is 13.3. The Morgan fingerprint density at radius 3 is 2.28 bits per heavy atom. The molecule has 94 valence electrons. The molecule has 1 heterocycles. The first kappa shape index (κ1) is 13.4. The fourth-order valence-electron chi connectivity index (χ4n) is 1.92. The number of nitrogens with zero attached hydrogens (tertiary/aromatic N) is 2. The molecule has 0 unspecified atom stereocenters. The van der Waals surface area contributed by atoms with Crippen LogP contribution in [0.5, 0.6) is 0 Å². The molecule has 0 amide bonds. The van der Waals surface area contributed by atoms with Crippen molar-refractivity contribution >= 4 is 39.0 Å². The van der Waals surface area contributed by atoms with E-state index in [1.54, 1.807) is 6.20 Å². The van der Waals surface area contributed by atoms with Crippen LogP contribution in [0.4, 0.5) is 11.5 Å². The molecular formula is C14H14BrClN2. The zero-order valence-electron chi connectivity index (χ0n) is 10.5. The quantitative estimate of drug-likeness (QED) is 0.782. The lowest BCUT2D eigenvalue weighted by molar-refractivity contribution is 1.12. The first-order valence-electron chi connectivity index (χ1n) is 5.60. The molecule has 1 aromatic heterocycles. The lowest BCUT2D eigenvalue weighted by Crippen LogP contribution is -2.12. The third kappa shape index (κ3) is 2.85. The summed E-state index contributed by atoms with van der Waals surface area (Å²) >= 11 is 9.58. The maximum Gasteiger partial charge on any atom is 0.151 e. The van der Waals surface area contributed by atoms with E-state index in [2.05, 4.69) is 53.0 Å². The van der Waals surface area contributed by atoms with E-state index in [0.717, 1.165) is 16.0 Å². The number of halogens is 2. The highest BCUT2D eigenvalue weighted by atomic mass is 79.9. The predicted molar refractivity (Wildman–Crippen MR) is 80.9 cm³/mol. The van der Waals surface area contributed by atoms with Gasteiger partial charge in [0.25, 0.3) is 0 Å². The normalized spacial score (nSPS) is 10.5. The van der Waals surface area contributed by atoms with Gasteiger partial charge in [0.05, 0.1) is 5.02 Å². The number of anilines is 2. The number of hydrogen-bond donors (Lipinski definition) is 0.